The average Bonchev–Trinajstić information content (AvgIpc) is 2.61. The normalized spacial score (nSPS) is 20.2. The molecule has 0 spiro atoms. The summed E-state index contributed by atoms with van der Waals surface area (Å²) >= 11 is 0. The number of phenols is 4. The summed E-state index contributed by atoms with van der Waals surface area (Å²) < 4.78 is 11.8. The van der Waals surface area contributed by atoms with Crippen LogP contribution in [0, 0.1) is 0 Å². The van der Waals surface area contributed by atoms with Gasteiger partial charge in [0.2, 0.25) is 0 Å². The van der Waals surface area contributed by atoms with Crippen molar-refractivity contribution in [2.75, 3.05) is 6.61 Å². The lowest BCUT2D eigenvalue weighted by molar-refractivity contribution is -0.0677. The fraction of sp³-hybridized carbons (Fsp3) is 0.368. The summed E-state index contributed by atoms with van der Waals surface area (Å²) in [5.74, 6) is -0.455. The molecule has 0 aliphatic carbocycles. The summed E-state index contributed by atoms with van der Waals surface area (Å²) in [6.07, 6.45) is -0.987. The summed E-state index contributed by atoms with van der Waals surface area (Å²) in [6.45, 7) is 1.93. The van der Waals surface area contributed by atoms with Gasteiger partial charge in [0.15, 0.2) is 17.6 Å². The van der Waals surface area contributed by atoms with E-state index in [0.717, 1.165) is 0 Å². The van der Waals surface area contributed by atoms with E-state index in [0.29, 0.717) is 29.7 Å². The van der Waals surface area contributed by atoms with Crippen LogP contribution in [0.15, 0.2) is 30.3 Å². The molecule has 2 aromatic carbocycles. The molecule has 0 amide bonds. The smallest absolute Gasteiger partial charge is 0.157 e. The molecule has 0 fully saturated rings. The van der Waals surface area contributed by atoms with Gasteiger partial charge >= 0.3 is 0 Å². The van der Waals surface area contributed by atoms with E-state index < -0.39 is 18.3 Å². The average molecular weight is 362 g/mol. The molecular formula is C19H22O7. The first-order chi connectivity index (χ1) is 12.4. The molecular weight excluding hydrogens is 340 g/mol. The maximum absolute atomic E-state index is 10.1. The SMILES string of the molecule is CCC(O)CO[C@H]1Cc2c(O)cc(O)cc2O[C@@H]1c1ccc(O)c(O)c1. The Balaban J connectivity index is 1.95. The standard InChI is InChI=1S/C19H22O7/c1-2-11(20)9-25-18-8-13-15(23)6-12(21)7-17(13)26-19(18)10-3-4-14(22)16(24)5-10/h3-7,11,18-24H,2,8-9H2,1H3/t11?,18-,19+/m0/s1. The third kappa shape index (κ3) is 3.63. The molecule has 7 heteroatoms. The van der Waals surface area contributed by atoms with Crippen LogP contribution >= 0.6 is 0 Å². The van der Waals surface area contributed by atoms with E-state index in [1.807, 2.05) is 6.92 Å². The summed E-state index contributed by atoms with van der Waals surface area (Å²) in [6, 6.07) is 6.95. The number of aliphatic hydroxyl groups excluding tert-OH is 1. The number of hydrogen-bond acceptors (Lipinski definition) is 7. The zero-order chi connectivity index (χ0) is 18.8. The molecule has 26 heavy (non-hydrogen) atoms. The van der Waals surface area contributed by atoms with Crippen molar-refractivity contribution in [2.45, 2.75) is 38.1 Å². The van der Waals surface area contributed by atoms with E-state index in [1.54, 1.807) is 6.07 Å². The molecule has 1 aliphatic rings. The van der Waals surface area contributed by atoms with E-state index in [1.165, 1.54) is 24.3 Å². The minimum atomic E-state index is -0.653. The molecule has 1 unspecified atom stereocenters. The molecule has 1 heterocycles. The van der Waals surface area contributed by atoms with Crippen LogP contribution in [0.2, 0.25) is 0 Å². The molecule has 1 aliphatic heterocycles. The van der Waals surface area contributed by atoms with Crippen LogP contribution in [0.4, 0.5) is 0 Å². The Labute approximate surface area is 150 Å². The lowest BCUT2D eigenvalue weighted by Gasteiger charge is -2.34. The Kier molecular flexibility index (Phi) is 5.11. The second-order valence-electron chi connectivity index (χ2n) is 6.37. The molecule has 2 aromatic rings. The van der Waals surface area contributed by atoms with E-state index in [2.05, 4.69) is 0 Å². The summed E-state index contributed by atoms with van der Waals surface area (Å²) in [4.78, 5) is 0. The zero-order valence-electron chi connectivity index (χ0n) is 14.3. The molecule has 3 atom stereocenters. The van der Waals surface area contributed by atoms with Crippen LogP contribution in [-0.4, -0.2) is 44.3 Å². The molecule has 0 saturated heterocycles. The number of phenolic OH excluding ortho intramolecular Hbond substituents is 4. The third-order valence-corrected chi connectivity index (χ3v) is 4.47. The summed E-state index contributed by atoms with van der Waals surface area (Å²) in [7, 11) is 0. The first-order valence-corrected chi connectivity index (χ1v) is 8.42. The monoisotopic (exact) mass is 362 g/mol. The Morgan fingerprint density at radius 1 is 1.08 bits per heavy atom. The number of fused-ring (bicyclic) bond motifs is 1. The Morgan fingerprint density at radius 3 is 2.54 bits per heavy atom. The van der Waals surface area contributed by atoms with Crippen molar-refractivity contribution in [1.29, 1.82) is 0 Å². The number of aromatic hydroxyl groups is 4. The Morgan fingerprint density at radius 2 is 1.85 bits per heavy atom. The molecule has 5 N–H and O–H groups in total. The van der Waals surface area contributed by atoms with Crippen molar-refractivity contribution >= 4 is 0 Å². The first-order valence-electron chi connectivity index (χ1n) is 8.42. The van der Waals surface area contributed by atoms with Crippen molar-refractivity contribution in [3.63, 3.8) is 0 Å². The van der Waals surface area contributed by atoms with Crippen molar-refractivity contribution in [1.82, 2.24) is 0 Å². The minimum absolute atomic E-state index is 0.0965. The lowest BCUT2D eigenvalue weighted by atomic mass is 9.93. The molecule has 0 aromatic heterocycles. The van der Waals surface area contributed by atoms with E-state index in [-0.39, 0.29) is 29.6 Å². The van der Waals surface area contributed by atoms with Gasteiger partial charge in [-0.15, -0.1) is 0 Å². The van der Waals surface area contributed by atoms with Crippen molar-refractivity contribution < 1.29 is 35.0 Å². The lowest BCUT2D eigenvalue weighted by Crippen LogP contribution is -2.35. The highest BCUT2D eigenvalue weighted by Crippen LogP contribution is 2.43. The van der Waals surface area contributed by atoms with E-state index >= 15 is 0 Å². The van der Waals surface area contributed by atoms with Crippen LogP contribution in [0.5, 0.6) is 28.7 Å². The Bertz CT molecular complexity index is 790. The molecule has 0 radical (unpaired) electrons. The van der Waals surface area contributed by atoms with E-state index in [9.17, 15) is 25.5 Å². The molecule has 3 rings (SSSR count). The van der Waals surface area contributed by atoms with Crippen LogP contribution < -0.4 is 4.74 Å². The maximum atomic E-state index is 10.1. The van der Waals surface area contributed by atoms with Gasteiger partial charge in [-0.1, -0.05) is 13.0 Å². The number of benzene rings is 2. The van der Waals surface area contributed by atoms with Crippen LogP contribution in [-0.2, 0) is 11.2 Å². The van der Waals surface area contributed by atoms with Crippen LogP contribution in [0.25, 0.3) is 0 Å². The molecule has 7 nitrogen and oxygen atoms in total. The van der Waals surface area contributed by atoms with Gasteiger partial charge in [-0.05, 0) is 24.1 Å². The van der Waals surface area contributed by atoms with Gasteiger partial charge in [0, 0.05) is 24.1 Å². The van der Waals surface area contributed by atoms with E-state index in [4.69, 9.17) is 9.47 Å². The van der Waals surface area contributed by atoms with Crippen molar-refractivity contribution in [3.05, 3.63) is 41.5 Å². The highest BCUT2D eigenvalue weighted by atomic mass is 16.5. The van der Waals surface area contributed by atoms with Gasteiger partial charge in [-0.2, -0.15) is 0 Å². The van der Waals surface area contributed by atoms with Gasteiger partial charge in [-0.25, -0.2) is 0 Å². The predicted molar refractivity (Wildman–Crippen MR) is 92.7 cm³/mol. The minimum Gasteiger partial charge on any atom is -0.508 e. The number of hydrogen-bond donors (Lipinski definition) is 5. The molecule has 0 saturated carbocycles. The van der Waals surface area contributed by atoms with Crippen molar-refractivity contribution in [3.8, 4) is 28.7 Å². The quantitative estimate of drug-likeness (QED) is 0.518. The molecule has 0 bridgehead atoms. The maximum Gasteiger partial charge on any atom is 0.157 e. The van der Waals surface area contributed by atoms with Gasteiger partial charge in [-0.3, -0.25) is 0 Å². The van der Waals surface area contributed by atoms with Gasteiger partial charge in [0.1, 0.15) is 23.4 Å². The number of rotatable bonds is 5. The third-order valence-electron chi connectivity index (χ3n) is 4.47. The second-order valence-corrected chi connectivity index (χ2v) is 6.37. The summed E-state index contributed by atoms with van der Waals surface area (Å²) in [5, 5.41) is 48.9. The fourth-order valence-corrected chi connectivity index (χ4v) is 2.95. The predicted octanol–water partition coefficient (Wildman–Crippen LogP) is 2.34. The van der Waals surface area contributed by atoms with Crippen LogP contribution in [0.1, 0.15) is 30.6 Å². The topological polar surface area (TPSA) is 120 Å². The highest BCUT2D eigenvalue weighted by molar-refractivity contribution is 5.52. The van der Waals surface area contributed by atoms with Gasteiger partial charge < -0.3 is 35.0 Å². The Hall–Kier alpha value is -2.64. The first kappa shape index (κ1) is 18.2. The summed E-state index contributed by atoms with van der Waals surface area (Å²) in [5.41, 5.74) is 1.06. The zero-order valence-corrected chi connectivity index (χ0v) is 14.3. The number of ether oxygens (including phenoxy) is 2. The van der Waals surface area contributed by atoms with Gasteiger partial charge in [0.25, 0.3) is 0 Å². The second kappa shape index (κ2) is 7.31. The molecule has 140 valence electrons. The largest absolute Gasteiger partial charge is 0.508 e. The highest BCUT2D eigenvalue weighted by Gasteiger charge is 2.34. The number of aliphatic hydroxyl groups is 1. The fourth-order valence-electron chi connectivity index (χ4n) is 2.95. The van der Waals surface area contributed by atoms with Crippen LogP contribution in [0.3, 0.4) is 0 Å². The van der Waals surface area contributed by atoms with Gasteiger partial charge in [0.05, 0.1) is 12.7 Å². The van der Waals surface area contributed by atoms with Crippen molar-refractivity contribution in [2.24, 2.45) is 0 Å².